The van der Waals surface area contributed by atoms with Gasteiger partial charge in [0.2, 0.25) is 0 Å². The number of methoxy groups -OCH3 is 1. The van der Waals surface area contributed by atoms with Crippen LogP contribution in [0.2, 0.25) is 0 Å². The molecule has 0 aliphatic rings. The summed E-state index contributed by atoms with van der Waals surface area (Å²) in [5.41, 5.74) is 1.55. The van der Waals surface area contributed by atoms with Crippen LogP contribution in [0.3, 0.4) is 0 Å². The highest BCUT2D eigenvalue weighted by molar-refractivity contribution is 5.90. The highest BCUT2D eigenvalue weighted by atomic mass is 16.5. The Labute approximate surface area is 115 Å². The van der Waals surface area contributed by atoms with Gasteiger partial charge >= 0.3 is 5.97 Å². The van der Waals surface area contributed by atoms with Crippen LogP contribution in [0.5, 0.6) is 0 Å². The molecule has 4 heteroatoms. The lowest BCUT2D eigenvalue weighted by atomic mass is 10.1. The molecule has 0 fully saturated rings. The number of esters is 1. The molecule has 0 aromatic heterocycles. The van der Waals surface area contributed by atoms with Crippen molar-refractivity contribution in [2.24, 2.45) is 5.92 Å². The quantitative estimate of drug-likeness (QED) is 0.578. The minimum Gasteiger partial charge on any atom is -0.465 e. The molecule has 0 saturated carbocycles. The van der Waals surface area contributed by atoms with Crippen molar-refractivity contribution < 1.29 is 14.3 Å². The second-order valence-corrected chi connectivity index (χ2v) is 4.79. The molecule has 0 heterocycles. The summed E-state index contributed by atoms with van der Waals surface area (Å²) in [5, 5.41) is 3.26. The lowest BCUT2D eigenvalue weighted by molar-refractivity contribution is 0.0599. The molecule has 0 saturated heterocycles. The van der Waals surface area contributed by atoms with Crippen molar-refractivity contribution in [2.45, 2.75) is 20.4 Å². The summed E-state index contributed by atoms with van der Waals surface area (Å²) in [7, 11) is 1.40. The van der Waals surface area contributed by atoms with Crippen LogP contribution in [-0.2, 0) is 16.0 Å². The number of carbonyl (C=O) groups is 1. The minimum absolute atomic E-state index is 0.298. The number of hydrogen-bond donors (Lipinski definition) is 1. The fraction of sp³-hybridized carbons (Fsp3) is 0.533. The largest absolute Gasteiger partial charge is 0.465 e. The first kappa shape index (κ1) is 15.7. The van der Waals surface area contributed by atoms with E-state index < -0.39 is 0 Å². The van der Waals surface area contributed by atoms with E-state index in [2.05, 4.69) is 19.2 Å². The predicted octanol–water partition coefficient (Wildman–Crippen LogP) is 2.24. The average Bonchev–Trinajstić information content (AvgIpc) is 2.42. The van der Waals surface area contributed by atoms with E-state index in [0.717, 1.165) is 18.7 Å². The lowest BCUT2D eigenvalue weighted by Crippen LogP contribution is -2.21. The van der Waals surface area contributed by atoms with Crippen LogP contribution in [-0.4, -0.2) is 32.8 Å². The molecule has 0 unspecified atom stereocenters. The van der Waals surface area contributed by atoms with E-state index in [9.17, 15) is 4.79 Å². The molecule has 19 heavy (non-hydrogen) atoms. The van der Waals surface area contributed by atoms with Crippen LogP contribution in [0, 0.1) is 5.92 Å². The zero-order chi connectivity index (χ0) is 14.1. The molecule has 0 aliphatic heterocycles. The van der Waals surface area contributed by atoms with Crippen molar-refractivity contribution in [3.63, 3.8) is 0 Å². The number of rotatable bonds is 8. The van der Waals surface area contributed by atoms with Gasteiger partial charge in [-0.2, -0.15) is 0 Å². The maximum absolute atomic E-state index is 11.6. The van der Waals surface area contributed by atoms with Gasteiger partial charge in [-0.15, -0.1) is 0 Å². The highest BCUT2D eigenvalue weighted by Gasteiger charge is 2.09. The van der Waals surface area contributed by atoms with Crippen molar-refractivity contribution in [3.8, 4) is 0 Å². The first-order valence-electron chi connectivity index (χ1n) is 6.59. The summed E-state index contributed by atoms with van der Waals surface area (Å²) in [6.07, 6.45) is 0. The van der Waals surface area contributed by atoms with Crippen LogP contribution in [0.15, 0.2) is 24.3 Å². The Kier molecular flexibility index (Phi) is 7.15. The third-order valence-corrected chi connectivity index (χ3v) is 2.61. The van der Waals surface area contributed by atoms with E-state index in [-0.39, 0.29) is 5.97 Å². The third-order valence-electron chi connectivity index (χ3n) is 2.61. The zero-order valence-corrected chi connectivity index (χ0v) is 11.9. The standard InChI is InChI=1S/C15H23NO3/c1-12(2)11-19-9-8-16-10-13-6-4-5-7-14(13)15(17)18-3/h4-7,12,16H,8-11H2,1-3H3. The second kappa shape index (κ2) is 8.67. The van der Waals surface area contributed by atoms with Crippen LogP contribution in [0.25, 0.3) is 0 Å². The van der Waals surface area contributed by atoms with Gasteiger partial charge in [0, 0.05) is 19.7 Å². The number of nitrogens with one attached hydrogen (secondary N) is 1. The summed E-state index contributed by atoms with van der Waals surface area (Å²) in [5.74, 6) is 0.258. The molecule has 0 aliphatic carbocycles. The Morgan fingerprint density at radius 3 is 2.74 bits per heavy atom. The van der Waals surface area contributed by atoms with Crippen LogP contribution < -0.4 is 5.32 Å². The van der Waals surface area contributed by atoms with Crippen LogP contribution in [0.1, 0.15) is 29.8 Å². The van der Waals surface area contributed by atoms with Gasteiger partial charge in [-0.25, -0.2) is 4.79 Å². The molecule has 1 rings (SSSR count). The SMILES string of the molecule is COC(=O)c1ccccc1CNCCOCC(C)C. The lowest BCUT2D eigenvalue weighted by Gasteiger charge is -2.10. The van der Waals surface area contributed by atoms with Crippen LogP contribution in [0.4, 0.5) is 0 Å². The molecule has 4 nitrogen and oxygen atoms in total. The number of ether oxygens (including phenoxy) is 2. The van der Waals surface area contributed by atoms with E-state index in [1.165, 1.54) is 7.11 Å². The molecule has 1 N–H and O–H groups in total. The molecule has 0 amide bonds. The Bertz CT molecular complexity index is 391. The van der Waals surface area contributed by atoms with Gasteiger partial charge in [-0.1, -0.05) is 32.0 Å². The molecule has 1 aromatic carbocycles. The van der Waals surface area contributed by atoms with Crippen molar-refractivity contribution in [1.29, 1.82) is 0 Å². The van der Waals surface area contributed by atoms with Crippen molar-refractivity contribution in [3.05, 3.63) is 35.4 Å². The fourth-order valence-electron chi connectivity index (χ4n) is 1.67. The maximum Gasteiger partial charge on any atom is 0.338 e. The van der Waals surface area contributed by atoms with Gasteiger partial charge in [0.25, 0.3) is 0 Å². The van der Waals surface area contributed by atoms with Crippen LogP contribution >= 0.6 is 0 Å². The Hall–Kier alpha value is -1.39. The second-order valence-electron chi connectivity index (χ2n) is 4.79. The molecular weight excluding hydrogens is 242 g/mol. The normalized spacial score (nSPS) is 10.7. The zero-order valence-electron chi connectivity index (χ0n) is 11.9. The topological polar surface area (TPSA) is 47.6 Å². The van der Waals surface area contributed by atoms with Crippen molar-refractivity contribution in [1.82, 2.24) is 5.32 Å². The minimum atomic E-state index is -0.298. The van der Waals surface area contributed by atoms with Crippen molar-refractivity contribution in [2.75, 3.05) is 26.9 Å². The fourth-order valence-corrected chi connectivity index (χ4v) is 1.67. The van der Waals surface area contributed by atoms with E-state index in [1.807, 2.05) is 18.2 Å². The Morgan fingerprint density at radius 2 is 2.05 bits per heavy atom. The average molecular weight is 265 g/mol. The monoisotopic (exact) mass is 265 g/mol. The third kappa shape index (κ3) is 5.85. The highest BCUT2D eigenvalue weighted by Crippen LogP contribution is 2.09. The Morgan fingerprint density at radius 1 is 1.32 bits per heavy atom. The Balaban J connectivity index is 2.35. The summed E-state index contributed by atoms with van der Waals surface area (Å²) in [4.78, 5) is 11.6. The molecular formula is C15H23NO3. The number of hydrogen-bond acceptors (Lipinski definition) is 4. The van der Waals surface area contributed by atoms with Gasteiger partial charge in [0.05, 0.1) is 19.3 Å². The molecule has 0 radical (unpaired) electrons. The molecule has 0 bridgehead atoms. The maximum atomic E-state index is 11.6. The first-order chi connectivity index (χ1) is 9.15. The van der Waals surface area contributed by atoms with Crippen molar-refractivity contribution >= 4 is 5.97 Å². The summed E-state index contributed by atoms with van der Waals surface area (Å²) >= 11 is 0. The van der Waals surface area contributed by atoms with Gasteiger partial charge in [0.1, 0.15) is 0 Å². The number of carbonyl (C=O) groups excluding carboxylic acids is 1. The van der Waals surface area contributed by atoms with Gasteiger partial charge in [-0.05, 0) is 17.5 Å². The van der Waals surface area contributed by atoms with E-state index in [4.69, 9.17) is 9.47 Å². The molecule has 1 aromatic rings. The molecule has 106 valence electrons. The van der Waals surface area contributed by atoms with E-state index in [1.54, 1.807) is 6.07 Å². The van der Waals surface area contributed by atoms with E-state index >= 15 is 0 Å². The smallest absolute Gasteiger partial charge is 0.338 e. The summed E-state index contributed by atoms with van der Waals surface area (Å²) < 4.78 is 10.2. The summed E-state index contributed by atoms with van der Waals surface area (Å²) in [6, 6.07) is 7.45. The van der Waals surface area contributed by atoms with Gasteiger partial charge in [-0.3, -0.25) is 0 Å². The molecule has 0 spiro atoms. The molecule has 0 atom stereocenters. The first-order valence-corrected chi connectivity index (χ1v) is 6.59. The summed E-state index contributed by atoms with van der Waals surface area (Å²) in [6.45, 7) is 7.11. The van der Waals surface area contributed by atoms with Gasteiger partial charge in [0.15, 0.2) is 0 Å². The van der Waals surface area contributed by atoms with E-state index in [0.29, 0.717) is 24.6 Å². The predicted molar refractivity (Wildman–Crippen MR) is 75.1 cm³/mol. The number of benzene rings is 1. The van der Waals surface area contributed by atoms with Gasteiger partial charge < -0.3 is 14.8 Å².